The summed E-state index contributed by atoms with van der Waals surface area (Å²) in [5, 5.41) is 4.07. The topological polar surface area (TPSA) is 55.4 Å². The van der Waals surface area contributed by atoms with Crippen molar-refractivity contribution in [1.82, 2.24) is 5.32 Å². The van der Waals surface area contributed by atoms with Crippen LogP contribution in [-0.4, -0.2) is 5.91 Å². The highest BCUT2D eigenvalue weighted by Gasteiger charge is 2.22. The van der Waals surface area contributed by atoms with Gasteiger partial charge in [0.25, 0.3) is 5.91 Å². The summed E-state index contributed by atoms with van der Waals surface area (Å²) in [4.78, 5) is 12.7. The molecule has 124 valence electrons. The quantitative estimate of drug-likeness (QED) is 0.581. The number of carbonyl (C=O) groups is 1. The highest BCUT2D eigenvalue weighted by Crippen LogP contribution is 2.28. The van der Waals surface area contributed by atoms with Crippen LogP contribution in [0.2, 0.25) is 0 Å². The van der Waals surface area contributed by atoms with Gasteiger partial charge in [0, 0.05) is 5.39 Å². The Morgan fingerprint density at radius 3 is 2.48 bits per heavy atom. The molecule has 4 rings (SSSR count). The summed E-state index contributed by atoms with van der Waals surface area (Å²) in [7, 11) is 0. The van der Waals surface area contributed by atoms with Crippen LogP contribution in [0, 0.1) is 6.92 Å². The third-order valence-electron chi connectivity index (χ3n) is 4.24. The third kappa shape index (κ3) is 2.94. The summed E-state index contributed by atoms with van der Waals surface area (Å²) in [6.45, 7) is 1.77. The lowest BCUT2D eigenvalue weighted by Gasteiger charge is -2.17. The Hall–Kier alpha value is -3.27. The van der Waals surface area contributed by atoms with E-state index in [1.54, 1.807) is 13.0 Å². The third-order valence-corrected chi connectivity index (χ3v) is 4.24. The average Bonchev–Trinajstić information content (AvgIpc) is 3.26. The molecule has 0 saturated carbocycles. The van der Waals surface area contributed by atoms with Crippen LogP contribution >= 0.6 is 0 Å². The smallest absolute Gasteiger partial charge is 0.255 e. The van der Waals surface area contributed by atoms with E-state index in [-0.39, 0.29) is 11.9 Å². The largest absolute Gasteiger partial charge is 0.469 e. The van der Waals surface area contributed by atoms with E-state index in [4.69, 9.17) is 8.83 Å². The Morgan fingerprint density at radius 1 is 1.00 bits per heavy atom. The van der Waals surface area contributed by atoms with E-state index in [1.165, 1.54) is 6.26 Å². The predicted molar refractivity (Wildman–Crippen MR) is 95.4 cm³/mol. The van der Waals surface area contributed by atoms with Gasteiger partial charge in [-0.15, -0.1) is 0 Å². The Morgan fingerprint density at radius 2 is 1.76 bits per heavy atom. The Balaban J connectivity index is 1.74. The maximum atomic E-state index is 12.7. The van der Waals surface area contributed by atoms with Gasteiger partial charge < -0.3 is 14.2 Å². The van der Waals surface area contributed by atoms with Crippen molar-refractivity contribution in [3.8, 4) is 0 Å². The standard InChI is InChI=1S/C21H17NO3/c1-14-17(11-12-24-14)21(23)22-20(15-7-3-2-4-8-15)19-13-16-9-5-6-10-18(16)25-19/h2-13,20H,1H3,(H,22,23). The molecule has 1 unspecified atom stereocenters. The molecule has 2 aromatic carbocycles. The molecule has 4 nitrogen and oxygen atoms in total. The van der Waals surface area contributed by atoms with Gasteiger partial charge in [-0.25, -0.2) is 0 Å². The molecule has 0 aliphatic carbocycles. The molecule has 0 aliphatic heterocycles. The second kappa shape index (κ2) is 6.32. The number of carbonyl (C=O) groups excluding carboxylic acids is 1. The van der Waals surface area contributed by atoms with Gasteiger partial charge in [-0.1, -0.05) is 48.5 Å². The number of furan rings is 2. The SMILES string of the molecule is Cc1occc1C(=O)NC(c1ccccc1)c1cc2ccccc2o1. The number of benzene rings is 2. The minimum atomic E-state index is -0.379. The van der Waals surface area contributed by atoms with Gasteiger partial charge >= 0.3 is 0 Å². The number of para-hydroxylation sites is 1. The molecule has 2 aromatic heterocycles. The second-order valence-electron chi connectivity index (χ2n) is 5.89. The van der Waals surface area contributed by atoms with E-state index < -0.39 is 0 Å². The summed E-state index contributed by atoms with van der Waals surface area (Å²) in [6, 6.07) is 20.8. The van der Waals surface area contributed by atoms with E-state index in [2.05, 4.69) is 5.32 Å². The molecule has 0 radical (unpaired) electrons. The van der Waals surface area contributed by atoms with Crippen molar-refractivity contribution >= 4 is 16.9 Å². The maximum Gasteiger partial charge on any atom is 0.255 e. The number of nitrogens with one attached hydrogen (secondary N) is 1. The highest BCUT2D eigenvalue weighted by atomic mass is 16.3. The minimum absolute atomic E-state index is 0.194. The number of amides is 1. The maximum absolute atomic E-state index is 12.7. The molecule has 1 N–H and O–H groups in total. The van der Waals surface area contributed by atoms with Gasteiger partial charge in [0.2, 0.25) is 0 Å². The van der Waals surface area contributed by atoms with E-state index in [0.717, 1.165) is 16.5 Å². The van der Waals surface area contributed by atoms with Crippen molar-refractivity contribution in [2.45, 2.75) is 13.0 Å². The lowest BCUT2D eigenvalue weighted by Crippen LogP contribution is -2.29. The summed E-state index contributed by atoms with van der Waals surface area (Å²) in [5.41, 5.74) is 2.28. The van der Waals surface area contributed by atoms with Gasteiger partial charge in [-0.05, 0) is 30.7 Å². The minimum Gasteiger partial charge on any atom is -0.469 e. The summed E-state index contributed by atoms with van der Waals surface area (Å²) < 4.78 is 11.2. The Labute approximate surface area is 145 Å². The van der Waals surface area contributed by atoms with Crippen LogP contribution in [-0.2, 0) is 0 Å². The first-order valence-corrected chi connectivity index (χ1v) is 8.11. The van der Waals surface area contributed by atoms with E-state index in [9.17, 15) is 4.79 Å². The first kappa shape index (κ1) is 15.3. The molecule has 0 fully saturated rings. The van der Waals surface area contributed by atoms with Crippen LogP contribution in [0.1, 0.15) is 33.5 Å². The molecule has 25 heavy (non-hydrogen) atoms. The van der Waals surface area contributed by atoms with Crippen LogP contribution in [0.4, 0.5) is 0 Å². The second-order valence-corrected chi connectivity index (χ2v) is 5.89. The number of rotatable bonds is 4. The van der Waals surface area contributed by atoms with Gasteiger partial charge in [0.1, 0.15) is 23.1 Å². The highest BCUT2D eigenvalue weighted by molar-refractivity contribution is 5.95. The normalized spacial score (nSPS) is 12.2. The predicted octanol–water partition coefficient (Wildman–Crippen LogP) is 4.85. The lowest BCUT2D eigenvalue weighted by molar-refractivity contribution is 0.0937. The van der Waals surface area contributed by atoms with Crippen LogP contribution in [0.3, 0.4) is 0 Å². The van der Waals surface area contributed by atoms with Crippen LogP contribution in [0.25, 0.3) is 11.0 Å². The van der Waals surface area contributed by atoms with Crippen molar-refractivity contribution in [1.29, 1.82) is 0 Å². The van der Waals surface area contributed by atoms with Crippen LogP contribution in [0.5, 0.6) is 0 Å². The van der Waals surface area contributed by atoms with Gasteiger partial charge in [0.15, 0.2) is 0 Å². The van der Waals surface area contributed by atoms with Crippen molar-refractivity contribution in [3.63, 3.8) is 0 Å². The first-order valence-electron chi connectivity index (χ1n) is 8.11. The van der Waals surface area contributed by atoms with Crippen LogP contribution < -0.4 is 5.32 Å². The number of hydrogen-bond acceptors (Lipinski definition) is 3. The number of hydrogen-bond donors (Lipinski definition) is 1. The molecule has 0 aliphatic rings. The van der Waals surface area contributed by atoms with Crippen molar-refractivity contribution in [2.24, 2.45) is 0 Å². The molecule has 1 atom stereocenters. The summed E-state index contributed by atoms with van der Waals surface area (Å²) >= 11 is 0. The van der Waals surface area contributed by atoms with Gasteiger partial charge in [-0.2, -0.15) is 0 Å². The zero-order valence-corrected chi connectivity index (χ0v) is 13.7. The average molecular weight is 331 g/mol. The number of fused-ring (bicyclic) bond motifs is 1. The monoisotopic (exact) mass is 331 g/mol. The van der Waals surface area contributed by atoms with Crippen molar-refractivity contribution < 1.29 is 13.6 Å². The summed E-state index contributed by atoms with van der Waals surface area (Å²) in [5.74, 6) is 1.09. The fourth-order valence-electron chi connectivity index (χ4n) is 2.94. The number of aryl methyl sites for hydroxylation is 1. The van der Waals surface area contributed by atoms with E-state index in [1.807, 2.05) is 60.7 Å². The fraction of sp³-hybridized carbons (Fsp3) is 0.0952. The van der Waals surface area contributed by atoms with E-state index >= 15 is 0 Å². The fourth-order valence-corrected chi connectivity index (χ4v) is 2.94. The first-order chi connectivity index (χ1) is 12.2. The van der Waals surface area contributed by atoms with Gasteiger partial charge in [0.05, 0.1) is 11.8 Å². The molecular formula is C21H17NO3. The van der Waals surface area contributed by atoms with Crippen molar-refractivity contribution in [2.75, 3.05) is 0 Å². The molecule has 4 heteroatoms. The Bertz CT molecular complexity index is 981. The van der Waals surface area contributed by atoms with E-state index in [0.29, 0.717) is 17.1 Å². The molecule has 1 amide bonds. The van der Waals surface area contributed by atoms with Crippen LogP contribution in [0.15, 0.2) is 81.8 Å². The molecule has 4 aromatic rings. The van der Waals surface area contributed by atoms with Gasteiger partial charge in [-0.3, -0.25) is 4.79 Å². The van der Waals surface area contributed by atoms with Crippen molar-refractivity contribution in [3.05, 3.63) is 95.6 Å². The molecule has 2 heterocycles. The molecule has 0 spiro atoms. The zero-order chi connectivity index (χ0) is 17.2. The summed E-state index contributed by atoms with van der Waals surface area (Å²) in [6.07, 6.45) is 1.52. The molecule has 0 saturated heterocycles. The Kier molecular flexibility index (Phi) is 3.86. The lowest BCUT2D eigenvalue weighted by atomic mass is 10.0. The molecular weight excluding hydrogens is 314 g/mol. The zero-order valence-electron chi connectivity index (χ0n) is 13.7. The molecule has 0 bridgehead atoms.